The lowest BCUT2D eigenvalue weighted by molar-refractivity contribution is 0.0276. The predicted molar refractivity (Wildman–Crippen MR) is 70.0 cm³/mol. The number of ether oxygens (including phenoxy) is 2. The van der Waals surface area contributed by atoms with Crippen LogP contribution in [0, 0.1) is 0 Å². The van der Waals surface area contributed by atoms with Gasteiger partial charge in [-0.05, 0) is 20.8 Å². The maximum absolute atomic E-state index is 11.9. The molecule has 0 unspecified atom stereocenters. The SMILES string of the molecule is COCCNC1=NCCN(C(=O)OC(C)(C)C)C1. The predicted octanol–water partition coefficient (Wildman–Crippen LogP) is 0.872. The molecule has 0 saturated carbocycles. The van der Waals surface area contributed by atoms with E-state index in [1.54, 1.807) is 12.0 Å². The van der Waals surface area contributed by atoms with Crippen LogP contribution in [-0.4, -0.2) is 62.3 Å². The lowest BCUT2D eigenvalue weighted by Gasteiger charge is -2.29. The number of nitrogens with one attached hydrogen (secondary N) is 1. The van der Waals surface area contributed by atoms with E-state index < -0.39 is 5.60 Å². The van der Waals surface area contributed by atoms with Gasteiger partial charge in [-0.15, -0.1) is 0 Å². The van der Waals surface area contributed by atoms with Gasteiger partial charge in [-0.25, -0.2) is 4.79 Å². The lowest BCUT2D eigenvalue weighted by Crippen LogP contribution is -2.47. The molecule has 104 valence electrons. The number of rotatable bonds is 3. The molecule has 0 aromatic heterocycles. The van der Waals surface area contributed by atoms with Gasteiger partial charge in [0.25, 0.3) is 0 Å². The third-order valence-electron chi connectivity index (χ3n) is 2.30. The highest BCUT2D eigenvalue weighted by molar-refractivity contribution is 5.87. The van der Waals surface area contributed by atoms with Gasteiger partial charge >= 0.3 is 6.09 Å². The highest BCUT2D eigenvalue weighted by Crippen LogP contribution is 2.10. The quantitative estimate of drug-likeness (QED) is 0.762. The molecule has 0 aromatic carbocycles. The second-order valence-corrected chi connectivity index (χ2v) is 5.15. The number of aliphatic imine (C=N–C) groups is 1. The average Bonchev–Trinajstić information content (AvgIpc) is 2.27. The fourth-order valence-electron chi connectivity index (χ4n) is 1.51. The molecular formula is C12H23N3O3. The first-order chi connectivity index (χ1) is 8.42. The first-order valence-electron chi connectivity index (χ1n) is 6.16. The molecule has 0 atom stereocenters. The normalized spacial score (nSPS) is 16.2. The second-order valence-electron chi connectivity index (χ2n) is 5.15. The number of amidine groups is 1. The Balaban J connectivity index is 2.41. The summed E-state index contributed by atoms with van der Waals surface area (Å²) >= 11 is 0. The minimum atomic E-state index is -0.463. The maximum atomic E-state index is 11.9. The summed E-state index contributed by atoms with van der Waals surface area (Å²) < 4.78 is 10.3. The number of hydrogen-bond acceptors (Lipinski definition) is 5. The highest BCUT2D eigenvalue weighted by Gasteiger charge is 2.24. The van der Waals surface area contributed by atoms with Crippen LogP contribution in [0.15, 0.2) is 4.99 Å². The molecule has 6 nitrogen and oxygen atoms in total. The van der Waals surface area contributed by atoms with E-state index in [2.05, 4.69) is 10.3 Å². The van der Waals surface area contributed by atoms with Crippen LogP contribution in [0.2, 0.25) is 0 Å². The molecule has 1 amide bonds. The number of carbonyl (C=O) groups excluding carboxylic acids is 1. The van der Waals surface area contributed by atoms with Crippen molar-refractivity contribution < 1.29 is 14.3 Å². The first-order valence-corrected chi connectivity index (χ1v) is 6.16. The number of carbonyl (C=O) groups is 1. The van der Waals surface area contributed by atoms with Crippen LogP contribution in [0.25, 0.3) is 0 Å². The molecule has 0 aromatic rings. The smallest absolute Gasteiger partial charge is 0.410 e. The molecule has 1 rings (SSSR count). The monoisotopic (exact) mass is 257 g/mol. The zero-order valence-electron chi connectivity index (χ0n) is 11.7. The zero-order valence-corrected chi connectivity index (χ0v) is 11.7. The van der Waals surface area contributed by atoms with Crippen molar-refractivity contribution in [3.05, 3.63) is 0 Å². The van der Waals surface area contributed by atoms with Crippen LogP contribution in [0.4, 0.5) is 4.79 Å². The summed E-state index contributed by atoms with van der Waals surface area (Å²) in [7, 11) is 1.65. The van der Waals surface area contributed by atoms with Crippen LogP contribution in [0.1, 0.15) is 20.8 Å². The maximum Gasteiger partial charge on any atom is 0.410 e. The van der Waals surface area contributed by atoms with E-state index in [0.29, 0.717) is 32.8 Å². The molecule has 6 heteroatoms. The Morgan fingerprint density at radius 1 is 1.50 bits per heavy atom. The molecule has 1 aliphatic rings. The van der Waals surface area contributed by atoms with Crippen molar-refractivity contribution >= 4 is 11.9 Å². The van der Waals surface area contributed by atoms with Crippen molar-refractivity contribution in [3.8, 4) is 0 Å². The van der Waals surface area contributed by atoms with Crippen molar-refractivity contribution in [2.45, 2.75) is 26.4 Å². The van der Waals surface area contributed by atoms with Crippen molar-refractivity contribution in [2.75, 3.05) is 39.9 Å². The molecule has 1 aliphatic heterocycles. The summed E-state index contributed by atoms with van der Waals surface area (Å²) in [6.07, 6.45) is -0.288. The number of amides is 1. The average molecular weight is 257 g/mol. The minimum absolute atomic E-state index is 0.288. The Bertz CT molecular complexity index is 310. The van der Waals surface area contributed by atoms with Gasteiger partial charge in [-0.3, -0.25) is 9.89 Å². The van der Waals surface area contributed by atoms with E-state index in [1.165, 1.54) is 0 Å². The molecule has 0 aliphatic carbocycles. The summed E-state index contributed by atoms with van der Waals surface area (Å²) in [5.74, 6) is 0.809. The van der Waals surface area contributed by atoms with E-state index in [9.17, 15) is 4.79 Å². The summed E-state index contributed by atoms with van der Waals surface area (Å²) in [6, 6.07) is 0. The Labute approximate surface area is 108 Å². The van der Waals surface area contributed by atoms with E-state index in [4.69, 9.17) is 9.47 Å². The van der Waals surface area contributed by atoms with E-state index in [1.807, 2.05) is 20.8 Å². The third kappa shape index (κ3) is 5.35. The van der Waals surface area contributed by atoms with Crippen LogP contribution in [0.3, 0.4) is 0 Å². The topological polar surface area (TPSA) is 63.2 Å². The number of methoxy groups -OCH3 is 1. The van der Waals surface area contributed by atoms with Crippen LogP contribution >= 0.6 is 0 Å². The van der Waals surface area contributed by atoms with E-state index in [-0.39, 0.29) is 6.09 Å². The summed E-state index contributed by atoms with van der Waals surface area (Å²) in [5.41, 5.74) is -0.463. The van der Waals surface area contributed by atoms with Crippen LogP contribution in [-0.2, 0) is 9.47 Å². The molecule has 0 saturated heterocycles. The Morgan fingerprint density at radius 3 is 2.83 bits per heavy atom. The second kappa shape index (κ2) is 6.58. The van der Waals surface area contributed by atoms with Crippen molar-refractivity contribution in [3.63, 3.8) is 0 Å². The van der Waals surface area contributed by atoms with Gasteiger partial charge in [0.15, 0.2) is 0 Å². The van der Waals surface area contributed by atoms with Crippen molar-refractivity contribution in [1.29, 1.82) is 0 Å². The van der Waals surface area contributed by atoms with Crippen LogP contribution < -0.4 is 5.32 Å². The van der Waals surface area contributed by atoms with Gasteiger partial charge in [-0.1, -0.05) is 0 Å². The summed E-state index contributed by atoms with van der Waals surface area (Å²) in [6.45, 7) is 8.57. The fraction of sp³-hybridized carbons (Fsp3) is 0.833. The van der Waals surface area contributed by atoms with Gasteiger partial charge in [-0.2, -0.15) is 0 Å². The Hall–Kier alpha value is -1.30. The zero-order chi connectivity index (χ0) is 13.6. The van der Waals surface area contributed by atoms with Gasteiger partial charge in [0.2, 0.25) is 0 Å². The van der Waals surface area contributed by atoms with Gasteiger partial charge in [0, 0.05) is 20.2 Å². The fourth-order valence-corrected chi connectivity index (χ4v) is 1.51. The summed E-state index contributed by atoms with van der Waals surface area (Å²) in [5, 5.41) is 3.15. The first kappa shape index (κ1) is 14.8. The minimum Gasteiger partial charge on any atom is -0.444 e. The molecule has 0 radical (unpaired) electrons. The van der Waals surface area contributed by atoms with Crippen molar-refractivity contribution in [1.82, 2.24) is 10.2 Å². The molecule has 0 spiro atoms. The van der Waals surface area contributed by atoms with E-state index >= 15 is 0 Å². The van der Waals surface area contributed by atoms with Gasteiger partial charge < -0.3 is 14.8 Å². The molecule has 18 heavy (non-hydrogen) atoms. The van der Waals surface area contributed by atoms with Gasteiger partial charge in [0.05, 0.1) is 19.7 Å². The largest absolute Gasteiger partial charge is 0.444 e. The number of hydrogen-bond donors (Lipinski definition) is 1. The Kier molecular flexibility index (Phi) is 5.40. The van der Waals surface area contributed by atoms with Crippen LogP contribution in [0.5, 0.6) is 0 Å². The standard InChI is InChI=1S/C12H23N3O3/c1-12(2,3)18-11(16)15-7-5-13-10(9-15)14-6-8-17-4/h5-9H2,1-4H3,(H,13,14). The Morgan fingerprint density at radius 2 is 2.22 bits per heavy atom. The molecule has 1 N–H and O–H groups in total. The highest BCUT2D eigenvalue weighted by atomic mass is 16.6. The molecule has 0 bridgehead atoms. The van der Waals surface area contributed by atoms with E-state index in [0.717, 1.165) is 5.84 Å². The molecule has 1 heterocycles. The number of nitrogens with zero attached hydrogens (tertiary/aromatic N) is 2. The van der Waals surface area contributed by atoms with Crippen molar-refractivity contribution in [2.24, 2.45) is 4.99 Å². The van der Waals surface area contributed by atoms with Gasteiger partial charge in [0.1, 0.15) is 11.4 Å². The summed E-state index contributed by atoms with van der Waals surface area (Å²) in [4.78, 5) is 17.9. The lowest BCUT2D eigenvalue weighted by atomic mass is 10.2. The molecule has 0 fully saturated rings. The molecular weight excluding hydrogens is 234 g/mol. The third-order valence-corrected chi connectivity index (χ3v) is 2.30.